The third-order valence-corrected chi connectivity index (χ3v) is 6.55. The number of nitrogens with one attached hydrogen (secondary N) is 3. The minimum absolute atomic E-state index is 0.0383. The first-order valence-corrected chi connectivity index (χ1v) is 11.9. The molecule has 2 unspecified atom stereocenters. The number of amidine groups is 1. The van der Waals surface area contributed by atoms with E-state index in [1.807, 2.05) is 12.1 Å². The van der Waals surface area contributed by atoms with Crippen LogP contribution >= 0.6 is 0 Å². The number of anilines is 3. The van der Waals surface area contributed by atoms with Crippen LogP contribution in [0.4, 0.5) is 17.5 Å². The summed E-state index contributed by atoms with van der Waals surface area (Å²) in [4.78, 5) is 24.3. The van der Waals surface area contributed by atoms with E-state index in [0.717, 1.165) is 31.2 Å². The number of hydrogen-bond donors (Lipinski definition) is 5. The molecular weight excluding hydrogens is 432 g/mol. The predicted octanol–water partition coefficient (Wildman–Crippen LogP) is 2.09. The first-order valence-electron chi connectivity index (χ1n) is 11.9. The number of hydrogen-bond acceptors (Lipinski definition) is 8. The standard InChI is InChI=1S/C24H34N8O2/c1-14-13-34-20(23(33)29-16-6-4-3-5-7-16)12-32(14)21-11-19(30-24(28-2)31-21)15-8-9-17(22(26)27)18(25)10-15/h8-11,14,16,20H,3-7,12-13,25H2,1-2H3,(H3,26,27)(H,29,33)(H,28,30,31). The fourth-order valence-electron chi connectivity index (χ4n) is 4.58. The Morgan fingerprint density at radius 2 is 1.97 bits per heavy atom. The number of carbonyl (C=O) groups is 1. The molecule has 2 fully saturated rings. The Bertz CT molecular complexity index is 1050. The summed E-state index contributed by atoms with van der Waals surface area (Å²) in [7, 11) is 1.76. The number of amides is 1. The molecule has 1 aromatic carbocycles. The SMILES string of the molecule is CNc1nc(-c2ccc(C(=N)N)c(N)c2)cc(N2CC(C(=O)NC3CCCCC3)OCC2C)n1. The second-order valence-electron chi connectivity index (χ2n) is 9.07. The van der Waals surface area contributed by atoms with Crippen LogP contribution in [0.5, 0.6) is 0 Å². The number of carbonyl (C=O) groups excluding carboxylic acids is 1. The molecule has 2 aliphatic rings. The van der Waals surface area contributed by atoms with Gasteiger partial charge in [-0.1, -0.05) is 25.3 Å². The van der Waals surface area contributed by atoms with Crippen LogP contribution < -0.4 is 27.0 Å². The highest BCUT2D eigenvalue weighted by molar-refractivity contribution is 6.00. The first kappa shape index (κ1) is 23.7. The van der Waals surface area contributed by atoms with Gasteiger partial charge in [0.25, 0.3) is 5.91 Å². The topological polar surface area (TPSA) is 155 Å². The van der Waals surface area contributed by atoms with Gasteiger partial charge in [0.15, 0.2) is 6.10 Å². The Morgan fingerprint density at radius 1 is 1.21 bits per heavy atom. The zero-order valence-corrected chi connectivity index (χ0v) is 19.8. The van der Waals surface area contributed by atoms with Gasteiger partial charge in [-0.3, -0.25) is 10.2 Å². The maximum atomic E-state index is 12.9. The van der Waals surface area contributed by atoms with Gasteiger partial charge in [-0.05, 0) is 31.9 Å². The van der Waals surface area contributed by atoms with Crippen molar-refractivity contribution in [2.75, 3.05) is 36.1 Å². The maximum Gasteiger partial charge on any atom is 0.251 e. The van der Waals surface area contributed by atoms with Gasteiger partial charge in [0.2, 0.25) is 5.95 Å². The lowest BCUT2D eigenvalue weighted by Crippen LogP contribution is -2.55. The zero-order chi connectivity index (χ0) is 24.2. The van der Waals surface area contributed by atoms with E-state index in [-0.39, 0.29) is 23.8 Å². The number of ether oxygens (including phenoxy) is 1. The predicted molar refractivity (Wildman–Crippen MR) is 134 cm³/mol. The van der Waals surface area contributed by atoms with Crippen molar-refractivity contribution in [1.29, 1.82) is 5.41 Å². The fourth-order valence-corrected chi connectivity index (χ4v) is 4.58. The highest BCUT2D eigenvalue weighted by Crippen LogP contribution is 2.29. The van der Waals surface area contributed by atoms with E-state index in [0.29, 0.717) is 41.9 Å². The van der Waals surface area contributed by atoms with Crippen molar-refractivity contribution in [2.45, 2.75) is 57.2 Å². The molecule has 1 aliphatic carbocycles. The Morgan fingerprint density at radius 3 is 2.65 bits per heavy atom. The van der Waals surface area contributed by atoms with Gasteiger partial charge in [0.1, 0.15) is 11.7 Å². The van der Waals surface area contributed by atoms with E-state index in [2.05, 4.69) is 32.4 Å². The molecule has 1 aliphatic heterocycles. The Labute approximate surface area is 200 Å². The largest absolute Gasteiger partial charge is 0.398 e. The van der Waals surface area contributed by atoms with Gasteiger partial charge in [-0.25, -0.2) is 4.98 Å². The summed E-state index contributed by atoms with van der Waals surface area (Å²) in [6, 6.07) is 7.48. The molecule has 10 nitrogen and oxygen atoms in total. The molecule has 2 heterocycles. The normalized spacial score (nSPS) is 21.2. The second kappa shape index (κ2) is 10.3. The number of nitrogen functional groups attached to an aromatic ring is 2. The summed E-state index contributed by atoms with van der Waals surface area (Å²) in [5, 5.41) is 13.8. The summed E-state index contributed by atoms with van der Waals surface area (Å²) in [6.07, 6.45) is 5.07. The lowest BCUT2D eigenvalue weighted by atomic mass is 9.95. The Balaban J connectivity index is 1.57. The third-order valence-electron chi connectivity index (χ3n) is 6.55. The van der Waals surface area contributed by atoms with Crippen molar-refractivity contribution in [2.24, 2.45) is 5.73 Å². The highest BCUT2D eigenvalue weighted by Gasteiger charge is 2.33. The molecule has 0 radical (unpaired) electrons. The first-order chi connectivity index (χ1) is 16.4. The van der Waals surface area contributed by atoms with Gasteiger partial charge in [0.05, 0.1) is 24.9 Å². The van der Waals surface area contributed by atoms with E-state index in [4.69, 9.17) is 21.6 Å². The zero-order valence-electron chi connectivity index (χ0n) is 19.8. The molecule has 0 spiro atoms. The van der Waals surface area contributed by atoms with Crippen molar-refractivity contribution < 1.29 is 9.53 Å². The molecule has 1 aromatic heterocycles. The quantitative estimate of drug-likeness (QED) is 0.246. The van der Waals surface area contributed by atoms with Gasteiger partial charge in [0, 0.05) is 36.0 Å². The monoisotopic (exact) mass is 466 g/mol. The lowest BCUT2D eigenvalue weighted by Gasteiger charge is -2.39. The molecular formula is C24H34N8O2. The molecule has 0 bridgehead atoms. The van der Waals surface area contributed by atoms with Crippen LogP contribution in [0.2, 0.25) is 0 Å². The molecule has 4 rings (SSSR count). The highest BCUT2D eigenvalue weighted by atomic mass is 16.5. The summed E-state index contributed by atoms with van der Waals surface area (Å²) >= 11 is 0. The lowest BCUT2D eigenvalue weighted by molar-refractivity contribution is -0.135. The van der Waals surface area contributed by atoms with Gasteiger partial charge in [-0.2, -0.15) is 4.98 Å². The van der Waals surface area contributed by atoms with Crippen LogP contribution in [0.3, 0.4) is 0 Å². The number of aromatic nitrogens is 2. The molecule has 182 valence electrons. The van der Waals surface area contributed by atoms with Gasteiger partial charge in [-0.15, -0.1) is 0 Å². The molecule has 7 N–H and O–H groups in total. The van der Waals surface area contributed by atoms with E-state index >= 15 is 0 Å². The van der Waals surface area contributed by atoms with Crippen molar-refractivity contribution >= 4 is 29.2 Å². The van der Waals surface area contributed by atoms with E-state index in [1.54, 1.807) is 19.2 Å². The molecule has 34 heavy (non-hydrogen) atoms. The van der Waals surface area contributed by atoms with Crippen LogP contribution in [-0.4, -0.2) is 60.1 Å². The number of rotatable bonds is 6. The molecule has 1 amide bonds. The number of nitrogens with zero attached hydrogens (tertiary/aromatic N) is 3. The fraction of sp³-hybridized carbons (Fsp3) is 0.500. The average Bonchev–Trinajstić information content (AvgIpc) is 2.84. The van der Waals surface area contributed by atoms with Gasteiger partial charge >= 0.3 is 0 Å². The van der Waals surface area contributed by atoms with Crippen molar-refractivity contribution in [3.05, 3.63) is 29.8 Å². The Hall–Kier alpha value is -3.40. The molecule has 1 saturated heterocycles. The van der Waals surface area contributed by atoms with Crippen molar-refractivity contribution in [1.82, 2.24) is 15.3 Å². The summed E-state index contributed by atoms with van der Waals surface area (Å²) in [5.41, 5.74) is 14.1. The summed E-state index contributed by atoms with van der Waals surface area (Å²) in [6.45, 7) is 2.89. The Kier molecular flexibility index (Phi) is 7.16. The van der Waals surface area contributed by atoms with E-state index in [9.17, 15) is 4.79 Å². The molecule has 1 saturated carbocycles. The maximum absolute atomic E-state index is 12.9. The van der Waals surface area contributed by atoms with Gasteiger partial charge < -0.3 is 31.7 Å². The van der Waals surface area contributed by atoms with Crippen LogP contribution in [-0.2, 0) is 9.53 Å². The minimum atomic E-state index is -0.555. The number of nitrogens with two attached hydrogens (primary N) is 2. The second-order valence-corrected chi connectivity index (χ2v) is 9.07. The molecule has 2 aromatic rings. The van der Waals surface area contributed by atoms with Crippen LogP contribution in [0.15, 0.2) is 24.3 Å². The third kappa shape index (κ3) is 5.22. The minimum Gasteiger partial charge on any atom is -0.398 e. The van der Waals surface area contributed by atoms with Crippen LogP contribution in [0.25, 0.3) is 11.3 Å². The molecule has 10 heteroatoms. The summed E-state index contributed by atoms with van der Waals surface area (Å²) in [5.74, 6) is 1.03. The van der Waals surface area contributed by atoms with Crippen molar-refractivity contribution in [3.63, 3.8) is 0 Å². The number of morpholine rings is 1. The number of benzene rings is 1. The van der Waals surface area contributed by atoms with Crippen molar-refractivity contribution in [3.8, 4) is 11.3 Å². The van der Waals surface area contributed by atoms with E-state index in [1.165, 1.54) is 6.42 Å². The molecule has 2 atom stereocenters. The van der Waals surface area contributed by atoms with E-state index < -0.39 is 6.10 Å². The van der Waals surface area contributed by atoms with Crippen LogP contribution in [0, 0.1) is 5.41 Å². The average molecular weight is 467 g/mol. The summed E-state index contributed by atoms with van der Waals surface area (Å²) < 4.78 is 5.91. The smallest absolute Gasteiger partial charge is 0.251 e. The van der Waals surface area contributed by atoms with Crippen LogP contribution in [0.1, 0.15) is 44.6 Å².